The Kier molecular flexibility index (Phi) is 6.80. The quantitative estimate of drug-likeness (QED) is 0.268. The van der Waals surface area contributed by atoms with Crippen LogP contribution in [0.5, 0.6) is 0 Å². The summed E-state index contributed by atoms with van der Waals surface area (Å²) in [6.07, 6.45) is 0.728. The van der Waals surface area contributed by atoms with Crippen molar-refractivity contribution in [3.8, 4) is 0 Å². The van der Waals surface area contributed by atoms with Crippen molar-refractivity contribution in [2.24, 2.45) is 35.1 Å². The third kappa shape index (κ3) is 4.57. The number of carbonyl (C=O) groups excluding carboxylic acids is 1. The second-order valence-corrected chi connectivity index (χ2v) is 6.32. The molecule has 8 nitrogen and oxygen atoms in total. The van der Waals surface area contributed by atoms with Crippen molar-refractivity contribution in [3.05, 3.63) is 0 Å². The van der Waals surface area contributed by atoms with E-state index in [2.05, 4.69) is 5.32 Å². The molecule has 1 aliphatic rings. The van der Waals surface area contributed by atoms with Gasteiger partial charge in [0.15, 0.2) is 5.96 Å². The zero-order valence-electron chi connectivity index (χ0n) is 13.7. The third-order valence-corrected chi connectivity index (χ3v) is 5.02. The van der Waals surface area contributed by atoms with E-state index in [4.69, 9.17) is 16.9 Å². The number of amides is 1. The number of nitrogens with two attached hydrogens (primary N) is 2. The molecule has 8 N–H and O–H groups in total. The fourth-order valence-corrected chi connectivity index (χ4v) is 3.97. The zero-order chi connectivity index (χ0) is 17.7. The summed E-state index contributed by atoms with van der Waals surface area (Å²) >= 11 is 0. The molecule has 0 aromatic carbocycles. The van der Waals surface area contributed by atoms with E-state index in [0.717, 1.165) is 12.8 Å². The van der Waals surface area contributed by atoms with Gasteiger partial charge in [-0.15, -0.1) is 0 Å². The molecule has 0 saturated heterocycles. The summed E-state index contributed by atoms with van der Waals surface area (Å²) in [6.45, 7) is 3.98. The molecule has 132 valence electrons. The minimum absolute atomic E-state index is 0.0799. The van der Waals surface area contributed by atoms with Gasteiger partial charge in [0.25, 0.3) is 0 Å². The van der Waals surface area contributed by atoms with E-state index < -0.39 is 35.9 Å². The van der Waals surface area contributed by atoms with Crippen LogP contribution >= 0.6 is 0 Å². The van der Waals surface area contributed by atoms with Crippen LogP contribution in [0.4, 0.5) is 0 Å². The predicted molar refractivity (Wildman–Crippen MR) is 85.5 cm³/mol. The number of guanidine groups is 1. The third-order valence-electron chi connectivity index (χ3n) is 5.02. The number of carboxylic acids is 1. The average Bonchev–Trinajstić information content (AvgIpc) is 2.74. The van der Waals surface area contributed by atoms with E-state index in [1.54, 1.807) is 0 Å². The lowest BCUT2D eigenvalue weighted by molar-refractivity contribution is -0.145. The minimum atomic E-state index is -1.10. The highest BCUT2D eigenvalue weighted by Gasteiger charge is 2.50. The summed E-state index contributed by atoms with van der Waals surface area (Å²) in [4.78, 5) is 22.9. The van der Waals surface area contributed by atoms with Gasteiger partial charge in [0, 0.05) is 18.4 Å². The number of hydrogen-bond acceptors (Lipinski definition) is 4. The van der Waals surface area contributed by atoms with Crippen molar-refractivity contribution < 1.29 is 19.8 Å². The fourth-order valence-electron chi connectivity index (χ4n) is 3.97. The molecule has 0 aromatic rings. The number of primary amides is 1. The molecule has 1 amide bonds. The van der Waals surface area contributed by atoms with Crippen LogP contribution < -0.4 is 16.8 Å². The van der Waals surface area contributed by atoms with Gasteiger partial charge in [-0.3, -0.25) is 15.0 Å². The van der Waals surface area contributed by atoms with Crippen molar-refractivity contribution in [1.29, 1.82) is 5.41 Å². The second-order valence-electron chi connectivity index (χ2n) is 6.32. The van der Waals surface area contributed by atoms with Gasteiger partial charge in [-0.2, -0.15) is 0 Å². The van der Waals surface area contributed by atoms with Gasteiger partial charge in [-0.25, -0.2) is 0 Å². The van der Waals surface area contributed by atoms with Gasteiger partial charge in [0.2, 0.25) is 5.91 Å². The van der Waals surface area contributed by atoms with Crippen LogP contribution in [0.25, 0.3) is 0 Å². The first-order valence-corrected chi connectivity index (χ1v) is 8.02. The van der Waals surface area contributed by atoms with E-state index in [1.807, 2.05) is 13.8 Å². The Balaban J connectivity index is 3.17. The standard InChI is InChI=1S/C15H28N4O4/c1-3-7(4-2)8(6-11(16)20)12-10(19-15(17)18)5-9(13(12)21)14(22)23/h7-10,12-13,21H,3-6H2,1-2H3,(H2,16,20)(H,22,23)(H4,17,18,19)/t8-,9-,10+,12+,13+/m1/s1. The number of rotatable bonds is 8. The first-order chi connectivity index (χ1) is 10.7. The van der Waals surface area contributed by atoms with Crippen LogP contribution in [-0.4, -0.2) is 40.2 Å². The van der Waals surface area contributed by atoms with Crippen LogP contribution in [-0.2, 0) is 9.59 Å². The minimum Gasteiger partial charge on any atom is -0.481 e. The van der Waals surface area contributed by atoms with Crippen molar-refractivity contribution >= 4 is 17.8 Å². The maximum atomic E-state index is 11.5. The molecule has 5 atom stereocenters. The molecule has 1 fully saturated rings. The van der Waals surface area contributed by atoms with Gasteiger partial charge >= 0.3 is 5.97 Å². The number of aliphatic hydroxyl groups is 1. The summed E-state index contributed by atoms with van der Waals surface area (Å²) in [5.74, 6) is -3.39. The Morgan fingerprint density at radius 3 is 2.26 bits per heavy atom. The Morgan fingerprint density at radius 2 is 1.87 bits per heavy atom. The molecule has 0 spiro atoms. The molecular weight excluding hydrogens is 300 g/mol. The van der Waals surface area contributed by atoms with Gasteiger partial charge in [-0.05, 0) is 18.3 Å². The monoisotopic (exact) mass is 328 g/mol. The van der Waals surface area contributed by atoms with Crippen LogP contribution in [0.2, 0.25) is 0 Å². The summed E-state index contributed by atoms with van der Waals surface area (Å²) in [5.41, 5.74) is 10.8. The molecule has 0 bridgehead atoms. The number of aliphatic carboxylic acids is 1. The molecular formula is C15H28N4O4. The lowest BCUT2D eigenvalue weighted by Gasteiger charge is -2.35. The SMILES string of the molecule is CCC(CC)[C@@H](CC(N)=O)[C@@H]1[C@@H](O)[C@H](C(=O)O)C[C@@H]1NC(=N)N. The van der Waals surface area contributed by atoms with E-state index in [0.29, 0.717) is 0 Å². The highest BCUT2D eigenvalue weighted by Crippen LogP contribution is 2.42. The van der Waals surface area contributed by atoms with Crippen molar-refractivity contribution in [2.45, 2.75) is 51.7 Å². The predicted octanol–water partition coefficient (Wildman–Crippen LogP) is -0.153. The fraction of sp³-hybridized carbons (Fsp3) is 0.800. The summed E-state index contributed by atoms with van der Waals surface area (Å²) in [7, 11) is 0. The zero-order valence-corrected chi connectivity index (χ0v) is 13.7. The van der Waals surface area contributed by atoms with Crippen LogP contribution in [0.15, 0.2) is 0 Å². The number of nitrogens with one attached hydrogen (secondary N) is 2. The lowest BCUT2D eigenvalue weighted by Crippen LogP contribution is -2.47. The lowest BCUT2D eigenvalue weighted by atomic mass is 9.73. The smallest absolute Gasteiger partial charge is 0.309 e. The molecule has 8 heteroatoms. The summed E-state index contributed by atoms with van der Waals surface area (Å²) in [5, 5.41) is 30.0. The highest BCUT2D eigenvalue weighted by atomic mass is 16.4. The molecule has 1 aliphatic carbocycles. The normalized spacial score (nSPS) is 28.5. The van der Waals surface area contributed by atoms with Crippen LogP contribution in [0.3, 0.4) is 0 Å². The van der Waals surface area contributed by atoms with Crippen molar-refractivity contribution in [3.63, 3.8) is 0 Å². The Bertz CT molecular complexity index is 453. The average molecular weight is 328 g/mol. The molecule has 1 saturated carbocycles. The Hall–Kier alpha value is -1.83. The summed E-state index contributed by atoms with van der Waals surface area (Å²) in [6, 6.07) is -0.464. The van der Waals surface area contributed by atoms with E-state index in [9.17, 15) is 19.8 Å². The highest BCUT2D eigenvalue weighted by molar-refractivity contribution is 5.76. The molecule has 0 aliphatic heterocycles. The van der Waals surface area contributed by atoms with Crippen molar-refractivity contribution in [1.82, 2.24) is 5.32 Å². The van der Waals surface area contributed by atoms with Crippen LogP contribution in [0.1, 0.15) is 39.5 Å². The number of aliphatic hydroxyl groups excluding tert-OH is 1. The number of carboxylic acid groups (broad SMARTS) is 1. The maximum absolute atomic E-state index is 11.5. The largest absolute Gasteiger partial charge is 0.481 e. The van der Waals surface area contributed by atoms with E-state index >= 15 is 0 Å². The van der Waals surface area contributed by atoms with Gasteiger partial charge in [0.1, 0.15) is 0 Å². The van der Waals surface area contributed by atoms with E-state index in [1.165, 1.54) is 0 Å². The van der Waals surface area contributed by atoms with Gasteiger partial charge < -0.3 is 27.0 Å². The van der Waals surface area contributed by atoms with Crippen LogP contribution in [0, 0.1) is 29.1 Å². The number of hydrogen-bond donors (Lipinski definition) is 6. The molecule has 1 rings (SSSR count). The second kappa shape index (κ2) is 8.14. The summed E-state index contributed by atoms with van der Waals surface area (Å²) < 4.78 is 0. The molecule has 0 radical (unpaired) electrons. The van der Waals surface area contributed by atoms with Gasteiger partial charge in [0.05, 0.1) is 12.0 Å². The first-order valence-electron chi connectivity index (χ1n) is 8.02. The molecule has 23 heavy (non-hydrogen) atoms. The Labute approximate surface area is 136 Å². The van der Waals surface area contributed by atoms with Crippen molar-refractivity contribution in [2.75, 3.05) is 0 Å². The first kappa shape index (κ1) is 19.2. The topological polar surface area (TPSA) is 163 Å². The molecule has 0 unspecified atom stereocenters. The molecule has 0 heterocycles. The van der Waals surface area contributed by atoms with E-state index in [-0.39, 0.29) is 30.6 Å². The van der Waals surface area contributed by atoms with Gasteiger partial charge in [-0.1, -0.05) is 26.7 Å². The molecule has 0 aromatic heterocycles. The maximum Gasteiger partial charge on any atom is 0.309 e. The number of carbonyl (C=O) groups is 2. The Morgan fingerprint density at radius 1 is 1.30 bits per heavy atom.